The number of hydrogen-bond donors (Lipinski definition) is 2. The van der Waals surface area contributed by atoms with Crippen molar-refractivity contribution in [1.82, 2.24) is 10.6 Å². The van der Waals surface area contributed by atoms with Gasteiger partial charge < -0.3 is 20.1 Å². The monoisotopic (exact) mass is 681 g/mol. The van der Waals surface area contributed by atoms with Gasteiger partial charge in [0, 0.05) is 20.1 Å². The molecule has 0 aliphatic heterocycles. The maximum absolute atomic E-state index is 12.7. The molecule has 0 spiro atoms. The molecule has 3 saturated carbocycles. The maximum atomic E-state index is 12.7. The first-order valence-corrected chi connectivity index (χ1v) is 20.3. The summed E-state index contributed by atoms with van der Waals surface area (Å²) in [7, 11) is 0. The molecule has 0 aromatic carbocycles. The SMILES string of the molecule is CC(C)CCC[C@@H](C)C1CCC2[C@@H]3CC=C4C[C@@H](OC(=O)CNCCCCCCCCNC(=O)OC(C)(C)C)CC[C@]4(C)C3CC[C@@]21C.[HH].[HH].[HH].[HH].[HH]. The predicted molar refractivity (Wildman–Crippen MR) is 208 cm³/mol. The van der Waals surface area contributed by atoms with Crippen LogP contribution in [-0.2, 0) is 14.3 Å². The Balaban J connectivity index is 0. The lowest BCUT2D eigenvalue weighted by molar-refractivity contribution is -0.150. The van der Waals surface area contributed by atoms with Gasteiger partial charge in [0.15, 0.2) is 0 Å². The number of nitrogens with one attached hydrogen (secondary N) is 2. The summed E-state index contributed by atoms with van der Waals surface area (Å²) in [6.45, 7) is 20.0. The van der Waals surface area contributed by atoms with Crippen molar-refractivity contribution in [3.8, 4) is 0 Å². The number of unbranched alkanes of at least 4 members (excludes halogenated alkanes) is 5. The molecule has 0 saturated heterocycles. The summed E-state index contributed by atoms with van der Waals surface area (Å²) in [5.41, 5.74) is 1.97. The Morgan fingerprint density at radius 2 is 1.60 bits per heavy atom. The van der Waals surface area contributed by atoms with E-state index in [-0.39, 0.29) is 25.3 Å². The van der Waals surface area contributed by atoms with Crippen LogP contribution in [0.25, 0.3) is 0 Å². The van der Waals surface area contributed by atoms with Crippen LogP contribution in [-0.4, -0.2) is 43.4 Å². The molecule has 0 heterocycles. The Hall–Kier alpha value is -1.56. The van der Waals surface area contributed by atoms with E-state index in [2.05, 4.69) is 51.3 Å². The number of amides is 1. The van der Waals surface area contributed by atoms with Gasteiger partial charge in [-0.15, -0.1) is 0 Å². The molecular weight excluding hydrogens is 596 g/mol. The van der Waals surface area contributed by atoms with Gasteiger partial charge in [-0.3, -0.25) is 4.79 Å². The van der Waals surface area contributed by atoms with Crippen molar-refractivity contribution in [3.05, 3.63) is 11.6 Å². The molecule has 4 aliphatic carbocycles. The first-order chi connectivity index (χ1) is 22.7. The summed E-state index contributed by atoms with van der Waals surface area (Å²) < 4.78 is 11.3. The normalized spacial score (nSPS) is 32.1. The second kappa shape index (κ2) is 17.6. The summed E-state index contributed by atoms with van der Waals surface area (Å²) in [6.07, 6.45) is 23.2. The number of carbonyl (C=O) groups is 2. The number of carbonyl (C=O) groups excluding carboxylic acids is 2. The highest BCUT2D eigenvalue weighted by Gasteiger charge is 2.59. The lowest BCUT2D eigenvalue weighted by Gasteiger charge is -2.58. The molecular formula is C42H84N2O4. The van der Waals surface area contributed by atoms with Crippen LogP contribution in [0.2, 0.25) is 0 Å². The molecule has 2 N–H and O–H groups in total. The minimum Gasteiger partial charge on any atom is -0.461 e. The zero-order chi connectivity index (χ0) is 35.0. The molecule has 286 valence electrons. The molecule has 0 aromatic heterocycles. The van der Waals surface area contributed by atoms with Gasteiger partial charge in [0.05, 0.1) is 6.54 Å². The van der Waals surface area contributed by atoms with Gasteiger partial charge in [0.25, 0.3) is 0 Å². The Labute approximate surface area is 302 Å². The van der Waals surface area contributed by atoms with E-state index >= 15 is 0 Å². The third-order valence-electron chi connectivity index (χ3n) is 13.3. The minimum absolute atomic E-state index is 0. The van der Waals surface area contributed by atoms with Gasteiger partial charge in [0.1, 0.15) is 11.7 Å². The van der Waals surface area contributed by atoms with Crippen molar-refractivity contribution in [2.75, 3.05) is 19.6 Å². The third kappa shape index (κ3) is 10.5. The number of rotatable bonds is 17. The van der Waals surface area contributed by atoms with Crippen LogP contribution in [0.5, 0.6) is 0 Å². The Kier molecular flexibility index (Phi) is 14.4. The van der Waals surface area contributed by atoms with E-state index in [4.69, 9.17) is 9.47 Å². The van der Waals surface area contributed by atoms with E-state index in [1.54, 1.807) is 5.57 Å². The first kappa shape index (κ1) is 39.2. The largest absolute Gasteiger partial charge is 0.461 e. The number of allylic oxidation sites excluding steroid dienone is 1. The van der Waals surface area contributed by atoms with E-state index in [1.807, 2.05) is 20.8 Å². The standard InChI is InChI=1S/C42H74N2O4.5H2/c1-30(2)16-15-17-31(3)35-20-21-36-34-19-18-32-28-33(22-24-41(32,7)37(34)23-25-42(35,36)8)47-38(45)29-43-26-13-11-9-10-12-14-27-44-39(46)48-40(4,5)6;;;;;/h18,30-31,33-37,43H,9-17,19-29H2,1-8H3,(H,44,46);5*1H/t31-,33+,34+,35?,36?,37?,41+,42-;;;;;/m1...../s1. The van der Waals surface area contributed by atoms with Crippen molar-refractivity contribution >= 4 is 12.1 Å². The van der Waals surface area contributed by atoms with Crippen molar-refractivity contribution in [1.29, 1.82) is 0 Å². The molecule has 3 fully saturated rings. The second-order valence-electron chi connectivity index (χ2n) is 18.4. The molecule has 48 heavy (non-hydrogen) atoms. The van der Waals surface area contributed by atoms with Crippen molar-refractivity contribution in [3.63, 3.8) is 0 Å². The molecule has 1 amide bonds. The smallest absolute Gasteiger partial charge is 0.407 e. The molecule has 0 bridgehead atoms. The summed E-state index contributed by atoms with van der Waals surface area (Å²) in [6, 6.07) is 0. The Morgan fingerprint density at radius 3 is 2.31 bits per heavy atom. The molecule has 8 atom stereocenters. The third-order valence-corrected chi connectivity index (χ3v) is 13.3. The van der Waals surface area contributed by atoms with Crippen molar-refractivity contribution in [2.24, 2.45) is 46.3 Å². The van der Waals surface area contributed by atoms with Crippen LogP contribution < -0.4 is 10.6 Å². The van der Waals surface area contributed by atoms with Gasteiger partial charge in [-0.25, -0.2) is 4.79 Å². The number of hydrogen-bond acceptors (Lipinski definition) is 5. The summed E-state index contributed by atoms with van der Waals surface area (Å²) in [5, 5.41) is 6.15. The second-order valence-corrected chi connectivity index (χ2v) is 18.4. The lowest BCUT2D eigenvalue weighted by Crippen LogP contribution is -2.51. The molecule has 4 aliphatic rings. The fraction of sp³-hybridized carbons (Fsp3) is 0.905. The van der Waals surface area contributed by atoms with Crippen LogP contribution in [0.3, 0.4) is 0 Å². The quantitative estimate of drug-likeness (QED) is 0.0908. The molecule has 0 aromatic rings. The van der Waals surface area contributed by atoms with Crippen LogP contribution in [0.4, 0.5) is 4.79 Å². The van der Waals surface area contributed by atoms with Crippen molar-refractivity contribution < 1.29 is 26.2 Å². The molecule has 4 rings (SSSR count). The fourth-order valence-corrected chi connectivity index (χ4v) is 10.8. The zero-order valence-electron chi connectivity index (χ0n) is 32.4. The Morgan fingerprint density at radius 1 is 0.896 bits per heavy atom. The van der Waals surface area contributed by atoms with Crippen molar-refractivity contribution in [2.45, 2.75) is 176 Å². The molecule has 0 radical (unpaired) electrons. The average molecular weight is 681 g/mol. The van der Waals surface area contributed by atoms with E-state index in [0.717, 1.165) is 87.0 Å². The Bertz CT molecular complexity index is 1090. The summed E-state index contributed by atoms with van der Waals surface area (Å²) in [4.78, 5) is 24.4. The van der Waals surface area contributed by atoms with E-state index < -0.39 is 5.60 Å². The van der Waals surface area contributed by atoms with E-state index in [1.165, 1.54) is 64.2 Å². The van der Waals surface area contributed by atoms with Gasteiger partial charge in [0.2, 0.25) is 0 Å². The van der Waals surface area contributed by atoms with Gasteiger partial charge in [-0.2, -0.15) is 0 Å². The number of alkyl carbamates (subject to hydrolysis) is 1. The topological polar surface area (TPSA) is 76.7 Å². The van der Waals surface area contributed by atoms with Crippen LogP contribution in [0.1, 0.15) is 172 Å². The number of esters is 1. The van der Waals surface area contributed by atoms with Gasteiger partial charge in [-0.05, 0) is 131 Å². The van der Waals surface area contributed by atoms with E-state index in [0.29, 0.717) is 23.9 Å². The molecule has 6 nitrogen and oxygen atoms in total. The molecule has 6 heteroatoms. The van der Waals surface area contributed by atoms with Crippen LogP contribution in [0, 0.1) is 46.3 Å². The number of fused-ring (bicyclic) bond motifs is 5. The fourth-order valence-electron chi connectivity index (χ4n) is 10.8. The van der Waals surface area contributed by atoms with Gasteiger partial charge in [-0.1, -0.05) is 91.2 Å². The maximum Gasteiger partial charge on any atom is 0.407 e. The highest BCUT2D eigenvalue weighted by atomic mass is 16.6. The highest BCUT2D eigenvalue weighted by Crippen LogP contribution is 2.67. The molecule has 3 unspecified atom stereocenters. The predicted octanol–water partition coefficient (Wildman–Crippen LogP) is 11.6. The number of ether oxygens (including phenoxy) is 2. The summed E-state index contributed by atoms with van der Waals surface area (Å²) in [5.74, 6) is 5.03. The van der Waals surface area contributed by atoms with E-state index in [9.17, 15) is 9.59 Å². The van der Waals surface area contributed by atoms with Crippen LogP contribution >= 0.6 is 0 Å². The summed E-state index contributed by atoms with van der Waals surface area (Å²) >= 11 is 0. The highest BCUT2D eigenvalue weighted by molar-refractivity contribution is 5.71. The first-order valence-electron chi connectivity index (χ1n) is 20.3. The van der Waals surface area contributed by atoms with Crippen LogP contribution in [0.15, 0.2) is 11.6 Å². The zero-order valence-corrected chi connectivity index (χ0v) is 32.4. The lowest BCUT2D eigenvalue weighted by atomic mass is 9.47. The average Bonchev–Trinajstić information content (AvgIpc) is 3.36. The van der Waals surface area contributed by atoms with Gasteiger partial charge >= 0.3 is 12.1 Å². The minimum atomic E-state index is -0.451.